The van der Waals surface area contributed by atoms with E-state index in [4.69, 9.17) is 0 Å². The number of nitrogens with one attached hydrogen (secondary N) is 2. The smallest absolute Gasteiger partial charge is 0.331 e. The number of nitrogens with zero attached hydrogens (tertiary/aromatic N) is 1. The lowest BCUT2D eigenvalue weighted by Crippen LogP contribution is -2.36. The summed E-state index contributed by atoms with van der Waals surface area (Å²) in [5.74, 6) is -0.638. The highest BCUT2D eigenvalue weighted by molar-refractivity contribution is 5.75. The molecule has 1 aromatic rings. The molecular weight excluding hydrogens is 226 g/mol. The summed E-state index contributed by atoms with van der Waals surface area (Å²) in [4.78, 5) is 35.5. The SMILES string of the molecule is CC(C)CNC(=O)Cn1c(O)cc(=O)[nH]c1=O. The summed E-state index contributed by atoms with van der Waals surface area (Å²) in [7, 11) is 0. The van der Waals surface area contributed by atoms with Gasteiger partial charge in [0.2, 0.25) is 11.8 Å². The predicted octanol–water partition coefficient (Wildman–Crippen LogP) is -0.986. The number of amides is 1. The number of carbonyl (C=O) groups excluding carboxylic acids is 1. The molecule has 0 fully saturated rings. The zero-order chi connectivity index (χ0) is 13.0. The summed E-state index contributed by atoms with van der Waals surface area (Å²) in [6, 6.07) is 0.844. The van der Waals surface area contributed by atoms with Crippen molar-refractivity contribution in [2.45, 2.75) is 20.4 Å². The second-order valence-electron chi connectivity index (χ2n) is 4.08. The molecule has 0 saturated carbocycles. The van der Waals surface area contributed by atoms with Gasteiger partial charge in [-0.2, -0.15) is 0 Å². The molecule has 1 rings (SSSR count). The fourth-order valence-electron chi connectivity index (χ4n) is 1.18. The molecule has 0 aliphatic heterocycles. The maximum absolute atomic E-state index is 11.4. The Morgan fingerprint density at radius 3 is 2.71 bits per heavy atom. The Labute approximate surface area is 97.1 Å². The van der Waals surface area contributed by atoms with Gasteiger partial charge in [-0.25, -0.2) is 4.79 Å². The number of aromatic amines is 1. The summed E-state index contributed by atoms with van der Waals surface area (Å²) >= 11 is 0. The molecule has 0 radical (unpaired) electrons. The molecule has 0 aliphatic rings. The van der Waals surface area contributed by atoms with Crippen LogP contribution in [0.3, 0.4) is 0 Å². The fraction of sp³-hybridized carbons (Fsp3) is 0.500. The first-order chi connectivity index (χ1) is 7.90. The monoisotopic (exact) mass is 241 g/mol. The predicted molar refractivity (Wildman–Crippen MR) is 60.8 cm³/mol. The molecule has 0 spiro atoms. The van der Waals surface area contributed by atoms with E-state index in [1.165, 1.54) is 0 Å². The third-order valence-electron chi connectivity index (χ3n) is 2.02. The Morgan fingerprint density at radius 1 is 1.53 bits per heavy atom. The van der Waals surface area contributed by atoms with E-state index in [1.807, 2.05) is 18.8 Å². The van der Waals surface area contributed by atoms with Gasteiger partial charge in [0.1, 0.15) is 6.54 Å². The lowest BCUT2D eigenvalue weighted by molar-refractivity contribution is -0.122. The van der Waals surface area contributed by atoms with Gasteiger partial charge in [-0.05, 0) is 5.92 Å². The van der Waals surface area contributed by atoms with Gasteiger partial charge in [-0.15, -0.1) is 0 Å². The molecular formula is C10H15N3O4. The molecule has 1 heterocycles. The van der Waals surface area contributed by atoms with Gasteiger partial charge in [0.25, 0.3) is 5.56 Å². The van der Waals surface area contributed by atoms with Crippen LogP contribution >= 0.6 is 0 Å². The zero-order valence-electron chi connectivity index (χ0n) is 9.69. The van der Waals surface area contributed by atoms with E-state index in [-0.39, 0.29) is 6.54 Å². The van der Waals surface area contributed by atoms with Crippen molar-refractivity contribution >= 4 is 5.91 Å². The first-order valence-corrected chi connectivity index (χ1v) is 5.20. The van der Waals surface area contributed by atoms with Crippen molar-refractivity contribution in [2.75, 3.05) is 6.54 Å². The molecule has 7 heteroatoms. The van der Waals surface area contributed by atoms with Crippen molar-refractivity contribution in [1.82, 2.24) is 14.9 Å². The molecule has 0 aromatic carbocycles. The number of rotatable bonds is 4. The molecule has 7 nitrogen and oxygen atoms in total. The van der Waals surface area contributed by atoms with Crippen LogP contribution in [-0.2, 0) is 11.3 Å². The molecule has 17 heavy (non-hydrogen) atoms. The number of hydrogen-bond acceptors (Lipinski definition) is 4. The molecule has 0 atom stereocenters. The lowest BCUT2D eigenvalue weighted by atomic mass is 10.2. The average molecular weight is 241 g/mol. The van der Waals surface area contributed by atoms with Crippen LogP contribution in [0.2, 0.25) is 0 Å². The quantitative estimate of drug-likeness (QED) is 0.629. The molecule has 94 valence electrons. The standard InChI is InChI=1S/C10H15N3O4/c1-6(2)4-11-8(15)5-13-9(16)3-7(14)12-10(13)17/h3,6,16H,4-5H2,1-2H3,(H,11,15)(H,12,14,17). The molecule has 0 saturated heterocycles. The van der Waals surface area contributed by atoms with Gasteiger partial charge >= 0.3 is 5.69 Å². The third-order valence-corrected chi connectivity index (χ3v) is 2.02. The van der Waals surface area contributed by atoms with E-state index >= 15 is 0 Å². The maximum atomic E-state index is 11.4. The van der Waals surface area contributed by atoms with Gasteiger partial charge in [0, 0.05) is 6.54 Å². The minimum Gasteiger partial charge on any atom is -0.494 e. The van der Waals surface area contributed by atoms with E-state index in [9.17, 15) is 19.5 Å². The number of carbonyl (C=O) groups is 1. The van der Waals surface area contributed by atoms with Gasteiger partial charge in [0.05, 0.1) is 6.07 Å². The summed E-state index contributed by atoms with van der Waals surface area (Å²) in [5.41, 5.74) is -1.51. The van der Waals surface area contributed by atoms with Crippen LogP contribution in [0.5, 0.6) is 5.88 Å². The number of H-pyrrole nitrogens is 1. The lowest BCUT2D eigenvalue weighted by Gasteiger charge is -2.09. The number of aromatic nitrogens is 2. The second kappa shape index (κ2) is 5.33. The Balaban J connectivity index is 2.79. The van der Waals surface area contributed by atoms with Crippen LogP contribution in [-0.4, -0.2) is 27.1 Å². The first kappa shape index (κ1) is 13.0. The summed E-state index contributed by atoms with van der Waals surface area (Å²) < 4.78 is 0.789. The van der Waals surface area contributed by atoms with Gasteiger partial charge < -0.3 is 10.4 Å². The highest BCUT2D eigenvalue weighted by Gasteiger charge is 2.09. The minimum absolute atomic E-state index is 0.292. The van der Waals surface area contributed by atoms with Crippen molar-refractivity contribution in [1.29, 1.82) is 0 Å². The molecule has 0 aliphatic carbocycles. The van der Waals surface area contributed by atoms with Crippen molar-refractivity contribution in [2.24, 2.45) is 5.92 Å². The van der Waals surface area contributed by atoms with Crippen LogP contribution in [0.25, 0.3) is 0 Å². The normalized spacial score (nSPS) is 10.5. The van der Waals surface area contributed by atoms with E-state index < -0.39 is 23.0 Å². The van der Waals surface area contributed by atoms with Crippen molar-refractivity contribution in [3.05, 3.63) is 26.9 Å². The summed E-state index contributed by atoms with van der Waals surface area (Å²) in [5, 5.41) is 12.0. The van der Waals surface area contributed by atoms with Crippen LogP contribution in [0.15, 0.2) is 15.7 Å². The molecule has 1 amide bonds. The highest BCUT2D eigenvalue weighted by atomic mass is 16.3. The third kappa shape index (κ3) is 3.78. The Morgan fingerprint density at radius 2 is 2.18 bits per heavy atom. The zero-order valence-corrected chi connectivity index (χ0v) is 9.69. The molecule has 0 bridgehead atoms. The molecule has 1 aromatic heterocycles. The molecule has 0 unspecified atom stereocenters. The Hall–Kier alpha value is -2.05. The van der Waals surface area contributed by atoms with Gasteiger partial charge in [-0.3, -0.25) is 19.1 Å². The van der Waals surface area contributed by atoms with Crippen LogP contribution in [0.4, 0.5) is 0 Å². The largest absolute Gasteiger partial charge is 0.494 e. The second-order valence-corrected chi connectivity index (χ2v) is 4.08. The Kier molecular flexibility index (Phi) is 4.08. The van der Waals surface area contributed by atoms with E-state index in [1.54, 1.807) is 0 Å². The average Bonchev–Trinajstić information content (AvgIpc) is 2.20. The van der Waals surface area contributed by atoms with Gasteiger partial charge in [-0.1, -0.05) is 13.8 Å². The van der Waals surface area contributed by atoms with Crippen molar-refractivity contribution in [3.8, 4) is 5.88 Å². The van der Waals surface area contributed by atoms with Crippen molar-refractivity contribution < 1.29 is 9.90 Å². The van der Waals surface area contributed by atoms with E-state index in [0.717, 1.165) is 10.6 Å². The van der Waals surface area contributed by atoms with E-state index in [2.05, 4.69) is 5.32 Å². The van der Waals surface area contributed by atoms with Crippen LogP contribution < -0.4 is 16.6 Å². The Bertz CT molecular complexity index is 515. The first-order valence-electron chi connectivity index (χ1n) is 5.20. The minimum atomic E-state index is -0.810. The molecule has 3 N–H and O–H groups in total. The fourth-order valence-corrected chi connectivity index (χ4v) is 1.18. The number of hydrogen-bond donors (Lipinski definition) is 3. The van der Waals surface area contributed by atoms with Crippen LogP contribution in [0.1, 0.15) is 13.8 Å². The van der Waals surface area contributed by atoms with E-state index in [0.29, 0.717) is 12.5 Å². The van der Waals surface area contributed by atoms with Crippen molar-refractivity contribution in [3.63, 3.8) is 0 Å². The van der Waals surface area contributed by atoms with Crippen LogP contribution in [0, 0.1) is 5.92 Å². The summed E-state index contributed by atoms with van der Waals surface area (Å²) in [6.07, 6.45) is 0. The maximum Gasteiger partial charge on any atom is 0.331 e. The number of aromatic hydroxyl groups is 1. The van der Waals surface area contributed by atoms with Gasteiger partial charge in [0.15, 0.2) is 0 Å². The summed E-state index contributed by atoms with van der Waals surface area (Å²) in [6.45, 7) is 4.03. The highest BCUT2D eigenvalue weighted by Crippen LogP contribution is 1.99. The topological polar surface area (TPSA) is 104 Å².